The van der Waals surface area contributed by atoms with Gasteiger partial charge in [0.25, 0.3) is 0 Å². The summed E-state index contributed by atoms with van der Waals surface area (Å²) < 4.78 is 27.3. The smallest absolute Gasteiger partial charge is 0.248 e. The van der Waals surface area contributed by atoms with Crippen LogP contribution in [0.1, 0.15) is 16.7 Å². The Morgan fingerprint density at radius 1 is 0.657 bits per heavy atom. The highest BCUT2D eigenvalue weighted by Gasteiger charge is 2.16. The lowest BCUT2D eigenvalue weighted by Crippen LogP contribution is -2.11. The van der Waals surface area contributed by atoms with E-state index >= 15 is 0 Å². The Kier molecular flexibility index (Phi) is 8.78. The van der Waals surface area contributed by atoms with Crippen molar-refractivity contribution in [1.82, 2.24) is 0 Å². The predicted octanol–water partition coefficient (Wildman–Crippen LogP) is 5.55. The summed E-state index contributed by atoms with van der Waals surface area (Å²) in [6.07, 6.45) is 6.95. The molecule has 3 aromatic carbocycles. The van der Waals surface area contributed by atoms with Crippen molar-refractivity contribution in [1.29, 1.82) is 0 Å². The van der Waals surface area contributed by atoms with Crippen molar-refractivity contribution in [3.8, 4) is 28.7 Å². The molecule has 0 saturated heterocycles. The molecule has 1 amide bonds. The Bertz CT molecular complexity index is 1190. The van der Waals surface area contributed by atoms with Gasteiger partial charge in [-0.05, 0) is 41.5 Å². The molecule has 3 aromatic rings. The van der Waals surface area contributed by atoms with E-state index in [2.05, 4.69) is 5.32 Å². The molecule has 0 aliphatic rings. The lowest BCUT2D eigenvalue weighted by atomic mass is 10.1. The van der Waals surface area contributed by atoms with Gasteiger partial charge in [-0.3, -0.25) is 4.79 Å². The lowest BCUT2D eigenvalue weighted by Gasteiger charge is -2.16. The predicted molar refractivity (Wildman–Crippen MR) is 139 cm³/mol. The summed E-state index contributed by atoms with van der Waals surface area (Å²) in [5.41, 5.74) is 2.94. The minimum Gasteiger partial charge on any atom is -0.493 e. The van der Waals surface area contributed by atoms with Gasteiger partial charge in [-0.25, -0.2) is 0 Å². The van der Waals surface area contributed by atoms with Crippen LogP contribution in [-0.4, -0.2) is 41.5 Å². The average molecular weight is 476 g/mol. The van der Waals surface area contributed by atoms with E-state index in [1.165, 1.54) is 13.2 Å². The molecule has 1 N–H and O–H groups in total. The van der Waals surface area contributed by atoms with E-state index in [0.29, 0.717) is 34.4 Å². The first-order valence-electron chi connectivity index (χ1n) is 10.8. The van der Waals surface area contributed by atoms with Gasteiger partial charge >= 0.3 is 0 Å². The minimum absolute atomic E-state index is 0.303. The number of amides is 1. The summed E-state index contributed by atoms with van der Waals surface area (Å²) in [6.45, 7) is 0. The monoisotopic (exact) mass is 475 g/mol. The van der Waals surface area contributed by atoms with Gasteiger partial charge in [0.05, 0.1) is 41.2 Å². The molecule has 0 spiro atoms. The van der Waals surface area contributed by atoms with Gasteiger partial charge in [0.1, 0.15) is 0 Å². The first-order valence-corrected chi connectivity index (χ1v) is 10.8. The highest BCUT2D eigenvalue weighted by atomic mass is 16.5. The van der Waals surface area contributed by atoms with Crippen LogP contribution in [0.25, 0.3) is 18.2 Å². The number of hydrogen-bond donors (Lipinski definition) is 1. The molecule has 3 rings (SSSR count). The van der Waals surface area contributed by atoms with Crippen molar-refractivity contribution < 1.29 is 28.5 Å². The summed E-state index contributed by atoms with van der Waals surface area (Å²) >= 11 is 0. The molecule has 0 heterocycles. The van der Waals surface area contributed by atoms with E-state index < -0.39 is 0 Å². The van der Waals surface area contributed by atoms with E-state index in [0.717, 1.165) is 16.7 Å². The van der Waals surface area contributed by atoms with Gasteiger partial charge in [0.15, 0.2) is 23.0 Å². The van der Waals surface area contributed by atoms with Gasteiger partial charge in [-0.2, -0.15) is 0 Å². The van der Waals surface area contributed by atoms with E-state index in [1.807, 2.05) is 60.7 Å². The zero-order chi connectivity index (χ0) is 25.2. The van der Waals surface area contributed by atoms with Crippen molar-refractivity contribution >= 4 is 29.8 Å². The maximum atomic E-state index is 12.8. The van der Waals surface area contributed by atoms with Crippen molar-refractivity contribution in [2.45, 2.75) is 0 Å². The number of carbonyl (C=O) groups is 1. The minimum atomic E-state index is -0.303. The van der Waals surface area contributed by atoms with Crippen LogP contribution in [0.15, 0.2) is 60.7 Å². The van der Waals surface area contributed by atoms with Crippen LogP contribution in [0.5, 0.6) is 28.7 Å². The van der Waals surface area contributed by atoms with Crippen molar-refractivity contribution in [3.05, 3.63) is 77.4 Å². The first kappa shape index (κ1) is 25.2. The molecular formula is C28H29NO6. The topological polar surface area (TPSA) is 75.2 Å². The molecule has 0 aliphatic carbocycles. The van der Waals surface area contributed by atoms with Crippen LogP contribution in [-0.2, 0) is 4.79 Å². The molecule has 0 saturated carbocycles. The van der Waals surface area contributed by atoms with Gasteiger partial charge in [-0.1, -0.05) is 42.5 Å². The van der Waals surface area contributed by atoms with Crippen LogP contribution in [0, 0.1) is 0 Å². The van der Waals surface area contributed by atoms with Gasteiger partial charge in [0.2, 0.25) is 11.7 Å². The second kappa shape index (κ2) is 12.2. The van der Waals surface area contributed by atoms with E-state index in [1.54, 1.807) is 40.6 Å². The Labute approximate surface area is 205 Å². The van der Waals surface area contributed by atoms with Crippen LogP contribution < -0.4 is 29.0 Å². The zero-order valence-electron chi connectivity index (χ0n) is 20.5. The molecule has 35 heavy (non-hydrogen) atoms. The third-order valence-electron chi connectivity index (χ3n) is 5.20. The SMILES string of the molecule is COc1cc(C=Cc2ccc(OC)c(OC)c2NC(=O)/C=C/c2ccccc2)cc(OC)c1OC. The largest absolute Gasteiger partial charge is 0.493 e. The van der Waals surface area contributed by atoms with Crippen LogP contribution >= 0.6 is 0 Å². The van der Waals surface area contributed by atoms with Crippen LogP contribution in [0.3, 0.4) is 0 Å². The number of benzene rings is 3. The fraction of sp³-hybridized carbons (Fsp3) is 0.179. The summed E-state index contributed by atoms with van der Waals surface area (Å²) in [6, 6.07) is 16.9. The molecule has 0 unspecified atom stereocenters. The standard InChI is InChI=1S/C28H29NO6/c1-31-22-15-14-21(13-11-20-17-23(32-2)27(34-4)24(18-20)33-3)26(28(22)35-5)29-25(30)16-12-19-9-7-6-8-10-19/h6-18H,1-5H3,(H,29,30)/b13-11?,16-12+. The fourth-order valence-corrected chi connectivity index (χ4v) is 3.49. The zero-order valence-corrected chi connectivity index (χ0v) is 20.5. The van der Waals surface area contributed by atoms with Crippen LogP contribution in [0.4, 0.5) is 5.69 Å². The lowest BCUT2D eigenvalue weighted by molar-refractivity contribution is -0.111. The number of anilines is 1. The van der Waals surface area contributed by atoms with Crippen molar-refractivity contribution in [2.24, 2.45) is 0 Å². The molecule has 182 valence electrons. The van der Waals surface area contributed by atoms with Gasteiger partial charge < -0.3 is 29.0 Å². The third kappa shape index (κ3) is 6.14. The Morgan fingerprint density at radius 3 is 1.86 bits per heavy atom. The third-order valence-corrected chi connectivity index (χ3v) is 5.20. The maximum Gasteiger partial charge on any atom is 0.248 e. The molecule has 0 radical (unpaired) electrons. The van der Waals surface area contributed by atoms with Gasteiger partial charge in [0, 0.05) is 11.6 Å². The molecule has 7 heteroatoms. The first-order chi connectivity index (χ1) is 17.0. The molecular weight excluding hydrogens is 446 g/mol. The second-order valence-electron chi connectivity index (χ2n) is 7.29. The number of carbonyl (C=O) groups excluding carboxylic acids is 1. The molecule has 0 atom stereocenters. The van der Waals surface area contributed by atoms with Gasteiger partial charge in [-0.15, -0.1) is 0 Å². The number of ether oxygens (including phenoxy) is 5. The van der Waals surface area contributed by atoms with Crippen molar-refractivity contribution in [3.63, 3.8) is 0 Å². The number of rotatable bonds is 10. The highest BCUT2D eigenvalue weighted by Crippen LogP contribution is 2.40. The summed E-state index contributed by atoms with van der Waals surface area (Å²) in [4.78, 5) is 12.8. The normalized spacial score (nSPS) is 10.9. The molecule has 0 fully saturated rings. The maximum absolute atomic E-state index is 12.8. The quantitative estimate of drug-likeness (QED) is 0.306. The Hall–Kier alpha value is -4.39. The number of methoxy groups -OCH3 is 5. The van der Waals surface area contributed by atoms with E-state index in [4.69, 9.17) is 23.7 Å². The number of hydrogen-bond acceptors (Lipinski definition) is 6. The highest BCUT2D eigenvalue weighted by molar-refractivity contribution is 6.04. The van der Waals surface area contributed by atoms with Crippen LogP contribution in [0.2, 0.25) is 0 Å². The fourth-order valence-electron chi connectivity index (χ4n) is 3.49. The average Bonchev–Trinajstić information content (AvgIpc) is 2.90. The summed E-state index contributed by atoms with van der Waals surface area (Å²) in [5, 5.41) is 2.92. The number of nitrogens with one attached hydrogen (secondary N) is 1. The summed E-state index contributed by atoms with van der Waals surface area (Å²) in [7, 11) is 7.76. The molecule has 0 bridgehead atoms. The Balaban J connectivity index is 1.97. The molecule has 0 aliphatic heterocycles. The molecule has 7 nitrogen and oxygen atoms in total. The van der Waals surface area contributed by atoms with E-state index in [9.17, 15) is 4.79 Å². The summed E-state index contributed by atoms with van der Waals surface area (Å²) in [5.74, 6) is 2.21. The van der Waals surface area contributed by atoms with Crippen molar-refractivity contribution in [2.75, 3.05) is 40.9 Å². The second-order valence-corrected chi connectivity index (χ2v) is 7.29. The Morgan fingerprint density at radius 2 is 1.29 bits per heavy atom. The van der Waals surface area contributed by atoms with E-state index in [-0.39, 0.29) is 5.91 Å². The molecule has 0 aromatic heterocycles.